The van der Waals surface area contributed by atoms with E-state index < -0.39 is 0 Å². The normalized spacial score (nSPS) is 12.5. The van der Waals surface area contributed by atoms with Crippen LogP contribution in [0.4, 0.5) is 0 Å². The summed E-state index contributed by atoms with van der Waals surface area (Å²) in [6, 6.07) is 1.74. The first-order chi connectivity index (χ1) is 8.85. The number of pyridine rings is 1. The minimum absolute atomic E-state index is 0.0676. The molecule has 0 spiro atoms. The number of nitrogens with one attached hydrogen (secondary N) is 2. The third-order valence-electron chi connectivity index (χ3n) is 3.15. The Kier molecular flexibility index (Phi) is 5.33. The number of amides is 1. The maximum Gasteiger partial charge on any atom is 0.261 e. The van der Waals surface area contributed by atoms with Crippen molar-refractivity contribution < 1.29 is 4.79 Å². The second kappa shape index (κ2) is 6.55. The van der Waals surface area contributed by atoms with Gasteiger partial charge in [-0.25, -0.2) is 0 Å². The molecule has 0 fully saturated rings. The summed E-state index contributed by atoms with van der Waals surface area (Å²) < 4.78 is 0. The predicted octanol–water partition coefficient (Wildman–Crippen LogP) is 2.41. The first kappa shape index (κ1) is 15.5. The molecule has 1 heterocycles. The molecule has 0 aliphatic rings. The molecule has 0 unspecified atom stereocenters. The molecule has 0 aliphatic carbocycles. The molecular formula is C15H24N2O2. The Morgan fingerprint density at radius 3 is 2.53 bits per heavy atom. The molecule has 1 rings (SSSR count). The van der Waals surface area contributed by atoms with Gasteiger partial charge in [0, 0.05) is 11.7 Å². The number of H-pyrrole nitrogens is 1. The summed E-state index contributed by atoms with van der Waals surface area (Å²) in [5.41, 5.74) is 1.72. The first-order valence-electron chi connectivity index (χ1n) is 6.88. The highest BCUT2D eigenvalue weighted by molar-refractivity contribution is 5.94. The van der Waals surface area contributed by atoms with Crippen LogP contribution >= 0.6 is 0 Å². The molecule has 1 atom stereocenters. The van der Waals surface area contributed by atoms with Gasteiger partial charge in [0.05, 0.1) is 0 Å². The van der Waals surface area contributed by atoms with Crippen LogP contribution in [0.5, 0.6) is 0 Å². The van der Waals surface area contributed by atoms with Crippen LogP contribution in [0.3, 0.4) is 0 Å². The molecule has 1 aromatic heterocycles. The molecule has 19 heavy (non-hydrogen) atoms. The van der Waals surface area contributed by atoms with Gasteiger partial charge < -0.3 is 10.3 Å². The molecule has 2 N–H and O–H groups in total. The highest BCUT2D eigenvalue weighted by Crippen LogP contribution is 2.07. The van der Waals surface area contributed by atoms with Crippen molar-refractivity contribution in [3.8, 4) is 0 Å². The summed E-state index contributed by atoms with van der Waals surface area (Å²) in [6.45, 7) is 10.1. The lowest BCUT2D eigenvalue weighted by molar-refractivity contribution is 0.0934. The van der Waals surface area contributed by atoms with Crippen molar-refractivity contribution in [3.05, 3.63) is 33.2 Å². The zero-order chi connectivity index (χ0) is 14.6. The third-order valence-corrected chi connectivity index (χ3v) is 3.15. The monoisotopic (exact) mass is 264 g/mol. The van der Waals surface area contributed by atoms with Crippen LogP contribution in [0.2, 0.25) is 0 Å². The van der Waals surface area contributed by atoms with Crippen molar-refractivity contribution in [1.29, 1.82) is 0 Å². The molecule has 0 saturated carbocycles. The summed E-state index contributed by atoms with van der Waals surface area (Å²) >= 11 is 0. The summed E-state index contributed by atoms with van der Waals surface area (Å²) in [4.78, 5) is 26.7. The Morgan fingerprint density at radius 1 is 1.37 bits per heavy atom. The van der Waals surface area contributed by atoms with Crippen LogP contribution in [0.1, 0.15) is 55.7 Å². The Balaban J connectivity index is 2.89. The summed E-state index contributed by atoms with van der Waals surface area (Å²) in [6.07, 6.45) is 1.66. The number of carbonyl (C=O) groups excluding carboxylic acids is 1. The van der Waals surface area contributed by atoms with Crippen molar-refractivity contribution in [2.45, 2.75) is 53.5 Å². The van der Waals surface area contributed by atoms with E-state index in [0.717, 1.165) is 24.1 Å². The lowest BCUT2D eigenvalue weighted by Crippen LogP contribution is -2.36. The highest BCUT2D eigenvalue weighted by Gasteiger charge is 2.15. The SMILES string of the molecule is CCc1[nH]c(=O)c(C(=O)N[C@@H](C)CC(C)C)cc1C. The first-order valence-corrected chi connectivity index (χ1v) is 6.88. The molecular weight excluding hydrogens is 240 g/mol. The molecule has 0 radical (unpaired) electrons. The molecule has 1 amide bonds. The zero-order valence-electron chi connectivity index (χ0n) is 12.5. The maximum atomic E-state index is 12.1. The Labute approximate surface area is 114 Å². The molecule has 0 aromatic carbocycles. The van der Waals surface area contributed by atoms with Gasteiger partial charge >= 0.3 is 0 Å². The van der Waals surface area contributed by atoms with Gasteiger partial charge in [0.15, 0.2) is 0 Å². The van der Waals surface area contributed by atoms with E-state index in [-0.39, 0.29) is 23.1 Å². The Bertz CT molecular complexity index is 503. The van der Waals surface area contributed by atoms with Crippen LogP contribution < -0.4 is 10.9 Å². The fourth-order valence-electron chi connectivity index (χ4n) is 2.28. The van der Waals surface area contributed by atoms with Gasteiger partial charge in [-0.2, -0.15) is 0 Å². The van der Waals surface area contributed by atoms with Crippen LogP contribution in [0.15, 0.2) is 10.9 Å². The number of hydrogen-bond acceptors (Lipinski definition) is 2. The third kappa shape index (κ3) is 4.23. The minimum atomic E-state index is -0.309. The molecule has 0 bridgehead atoms. The standard InChI is InChI=1S/C15H24N2O2/c1-6-13-10(4)8-12(15(19)17-13)14(18)16-11(5)7-9(2)3/h8-9,11H,6-7H2,1-5H3,(H,16,18)(H,17,19)/t11-/m0/s1. The van der Waals surface area contributed by atoms with Crippen LogP contribution in [0.25, 0.3) is 0 Å². The lowest BCUT2D eigenvalue weighted by Gasteiger charge is -2.16. The number of rotatable bonds is 5. The lowest BCUT2D eigenvalue weighted by atomic mass is 10.0. The molecule has 0 saturated heterocycles. The van der Waals surface area contributed by atoms with Crippen LogP contribution in [-0.4, -0.2) is 16.9 Å². The number of aromatic nitrogens is 1. The summed E-state index contributed by atoms with van der Waals surface area (Å²) in [7, 11) is 0. The van der Waals surface area contributed by atoms with E-state index in [0.29, 0.717) is 5.92 Å². The predicted molar refractivity (Wildman–Crippen MR) is 77.6 cm³/mol. The second-order valence-corrected chi connectivity index (χ2v) is 5.53. The van der Waals surface area contributed by atoms with E-state index in [2.05, 4.69) is 24.1 Å². The van der Waals surface area contributed by atoms with E-state index in [4.69, 9.17) is 0 Å². The fraction of sp³-hybridized carbons (Fsp3) is 0.600. The highest BCUT2D eigenvalue weighted by atomic mass is 16.2. The van der Waals surface area contributed by atoms with Crippen LogP contribution in [-0.2, 0) is 6.42 Å². The van der Waals surface area contributed by atoms with E-state index in [1.165, 1.54) is 0 Å². The quantitative estimate of drug-likeness (QED) is 0.858. The molecule has 4 heteroatoms. The summed E-state index contributed by atoms with van der Waals surface area (Å²) in [5, 5.41) is 2.87. The fourth-order valence-corrected chi connectivity index (χ4v) is 2.28. The van der Waals surface area contributed by atoms with Crippen molar-refractivity contribution in [2.24, 2.45) is 5.92 Å². The van der Waals surface area contributed by atoms with Crippen molar-refractivity contribution in [1.82, 2.24) is 10.3 Å². The number of aryl methyl sites for hydroxylation is 2. The van der Waals surface area contributed by atoms with E-state index in [9.17, 15) is 9.59 Å². The second-order valence-electron chi connectivity index (χ2n) is 5.53. The van der Waals surface area contributed by atoms with Crippen molar-refractivity contribution >= 4 is 5.91 Å². The van der Waals surface area contributed by atoms with Gasteiger partial charge in [-0.1, -0.05) is 20.8 Å². The van der Waals surface area contributed by atoms with Gasteiger partial charge in [-0.05, 0) is 44.2 Å². The minimum Gasteiger partial charge on any atom is -0.349 e. The number of aromatic amines is 1. The van der Waals surface area contributed by atoms with Gasteiger partial charge in [0.2, 0.25) is 0 Å². The summed E-state index contributed by atoms with van der Waals surface area (Å²) in [5.74, 6) is 0.220. The average Bonchev–Trinajstić information content (AvgIpc) is 2.30. The molecule has 0 aliphatic heterocycles. The molecule has 1 aromatic rings. The topological polar surface area (TPSA) is 62.0 Å². The smallest absolute Gasteiger partial charge is 0.261 e. The maximum absolute atomic E-state index is 12.1. The zero-order valence-corrected chi connectivity index (χ0v) is 12.5. The van der Waals surface area contributed by atoms with E-state index >= 15 is 0 Å². The van der Waals surface area contributed by atoms with Gasteiger partial charge in [0.1, 0.15) is 5.56 Å². The van der Waals surface area contributed by atoms with Gasteiger partial charge in [-0.15, -0.1) is 0 Å². The van der Waals surface area contributed by atoms with Crippen molar-refractivity contribution in [2.75, 3.05) is 0 Å². The molecule has 4 nitrogen and oxygen atoms in total. The van der Waals surface area contributed by atoms with Crippen molar-refractivity contribution in [3.63, 3.8) is 0 Å². The Hall–Kier alpha value is -1.58. The van der Waals surface area contributed by atoms with Gasteiger partial charge in [-0.3, -0.25) is 9.59 Å². The van der Waals surface area contributed by atoms with E-state index in [1.807, 2.05) is 20.8 Å². The molecule has 106 valence electrons. The average molecular weight is 264 g/mol. The number of hydrogen-bond donors (Lipinski definition) is 2. The van der Waals surface area contributed by atoms with Gasteiger partial charge in [0.25, 0.3) is 11.5 Å². The number of carbonyl (C=O) groups is 1. The van der Waals surface area contributed by atoms with Crippen LogP contribution in [0, 0.1) is 12.8 Å². The Morgan fingerprint density at radius 2 is 2.00 bits per heavy atom. The largest absolute Gasteiger partial charge is 0.349 e. The van der Waals surface area contributed by atoms with E-state index in [1.54, 1.807) is 6.07 Å².